The second-order valence-corrected chi connectivity index (χ2v) is 11.5. The quantitative estimate of drug-likeness (QED) is 0.202. The van der Waals surface area contributed by atoms with Gasteiger partial charge < -0.3 is 23.7 Å². The molecule has 0 aliphatic carbocycles. The lowest BCUT2D eigenvalue weighted by atomic mass is 9.26. The molecule has 0 unspecified atom stereocenters. The van der Waals surface area contributed by atoms with Crippen molar-refractivity contribution in [3.63, 3.8) is 0 Å². The van der Waals surface area contributed by atoms with Gasteiger partial charge in [-0.2, -0.15) is 0 Å². The van der Waals surface area contributed by atoms with Gasteiger partial charge in [-0.3, -0.25) is 14.4 Å². The summed E-state index contributed by atoms with van der Waals surface area (Å²) in [6.07, 6.45) is 7.83. The first-order chi connectivity index (χ1) is 18.5. The van der Waals surface area contributed by atoms with Crippen LogP contribution in [-0.4, -0.2) is 62.6 Å². The number of carbonyl (C=O) groups excluding carboxylic acids is 4. The zero-order valence-corrected chi connectivity index (χ0v) is 24.4. The Hall–Kier alpha value is -2.52. The van der Waals surface area contributed by atoms with E-state index in [1.807, 2.05) is 13.8 Å². The summed E-state index contributed by atoms with van der Waals surface area (Å²) in [5.41, 5.74) is 0.900. The summed E-state index contributed by atoms with van der Waals surface area (Å²) in [4.78, 5) is 48.4. The van der Waals surface area contributed by atoms with Gasteiger partial charge in [0, 0.05) is 26.7 Å². The summed E-state index contributed by atoms with van der Waals surface area (Å²) < 4.78 is 27.5. The molecule has 3 aliphatic heterocycles. The van der Waals surface area contributed by atoms with Gasteiger partial charge in [-0.25, -0.2) is 4.79 Å². The van der Waals surface area contributed by atoms with E-state index in [2.05, 4.69) is 0 Å². The van der Waals surface area contributed by atoms with E-state index in [1.165, 1.54) is 66.4 Å². The summed E-state index contributed by atoms with van der Waals surface area (Å²) in [7, 11) is 1.31. The Morgan fingerprint density at radius 3 is 2.03 bits per heavy atom. The maximum absolute atomic E-state index is 12.9. The number of hydrogen-bond donors (Lipinski definition) is 0. The number of esters is 4. The van der Waals surface area contributed by atoms with Crippen LogP contribution in [0.15, 0.2) is 11.3 Å². The van der Waals surface area contributed by atoms with E-state index in [9.17, 15) is 19.2 Å². The van der Waals surface area contributed by atoms with Crippen molar-refractivity contribution in [1.29, 1.82) is 0 Å². The number of ether oxygens (including phenoxy) is 5. The summed E-state index contributed by atoms with van der Waals surface area (Å²) in [5, 5.41) is 0. The Morgan fingerprint density at radius 1 is 0.923 bits per heavy atom. The van der Waals surface area contributed by atoms with Crippen molar-refractivity contribution < 1.29 is 42.9 Å². The highest BCUT2D eigenvalue weighted by Crippen LogP contribution is 2.48. The number of hydrogen-bond acceptors (Lipinski definition) is 9. The van der Waals surface area contributed by atoms with Crippen molar-refractivity contribution in [2.24, 2.45) is 11.8 Å². The van der Waals surface area contributed by atoms with Crippen LogP contribution in [0.2, 0.25) is 18.0 Å². The molecular weight excluding hydrogens is 503 g/mol. The molecule has 218 valence electrons. The number of carbonyl (C=O) groups is 4. The van der Waals surface area contributed by atoms with Crippen LogP contribution in [-0.2, 0) is 42.9 Å². The molecule has 2 bridgehead atoms. The van der Waals surface area contributed by atoms with Gasteiger partial charge in [0.2, 0.25) is 5.76 Å². The summed E-state index contributed by atoms with van der Waals surface area (Å²) in [6, 6.07) is 0. The van der Waals surface area contributed by atoms with E-state index in [0.29, 0.717) is 0 Å². The number of fused-ring (bicyclic) bond motifs is 2. The third-order valence-electron chi connectivity index (χ3n) is 9.03. The molecule has 2 saturated heterocycles. The van der Waals surface area contributed by atoms with Crippen molar-refractivity contribution >= 4 is 30.6 Å². The first-order valence-corrected chi connectivity index (χ1v) is 14.5. The van der Waals surface area contributed by atoms with Crippen molar-refractivity contribution in [2.75, 3.05) is 13.7 Å². The molecule has 0 radical (unpaired) electrons. The van der Waals surface area contributed by atoms with Crippen LogP contribution in [0.5, 0.6) is 0 Å². The van der Waals surface area contributed by atoms with E-state index in [-0.39, 0.29) is 24.2 Å². The molecule has 0 saturated carbocycles. The van der Waals surface area contributed by atoms with Crippen LogP contribution >= 0.6 is 0 Å². The molecule has 0 aromatic rings. The average molecular weight is 548 g/mol. The SMILES string of the molecule is COC(=O)C1=C(CCCB2C3CCCC2CCC3)[C@H](C)[C@@H](C)[C@H]([C@H](OC(C)=O)[C@@H](COC(C)=O)OC(C)=O)O1. The van der Waals surface area contributed by atoms with Crippen LogP contribution in [0.3, 0.4) is 0 Å². The molecular formula is C29H45BO9. The molecule has 0 amide bonds. The van der Waals surface area contributed by atoms with Crippen LogP contribution in [0.4, 0.5) is 0 Å². The molecule has 3 rings (SSSR count). The maximum Gasteiger partial charge on any atom is 0.373 e. The fraction of sp³-hybridized carbons (Fsp3) is 0.793. The van der Waals surface area contributed by atoms with Crippen molar-refractivity contribution in [2.45, 2.75) is 122 Å². The zero-order chi connectivity index (χ0) is 28.7. The van der Waals surface area contributed by atoms with Crippen LogP contribution in [0, 0.1) is 11.8 Å². The normalized spacial score (nSPS) is 28.1. The lowest BCUT2D eigenvalue weighted by molar-refractivity contribution is -0.191. The Bertz CT molecular complexity index is 910. The topological polar surface area (TPSA) is 114 Å². The van der Waals surface area contributed by atoms with Crippen molar-refractivity contribution in [1.82, 2.24) is 0 Å². The second kappa shape index (κ2) is 14.2. The molecule has 0 spiro atoms. The van der Waals surface area contributed by atoms with Gasteiger partial charge in [-0.1, -0.05) is 76.7 Å². The molecule has 0 aromatic carbocycles. The smallest absolute Gasteiger partial charge is 0.373 e. The minimum absolute atomic E-state index is 0.0894. The third-order valence-corrected chi connectivity index (χ3v) is 9.03. The van der Waals surface area contributed by atoms with Crippen LogP contribution < -0.4 is 0 Å². The average Bonchev–Trinajstić information content (AvgIpc) is 2.87. The number of methoxy groups -OCH3 is 1. The van der Waals surface area contributed by atoms with E-state index < -0.39 is 42.2 Å². The minimum Gasteiger partial charge on any atom is -0.479 e. The van der Waals surface area contributed by atoms with Crippen LogP contribution in [0.25, 0.3) is 0 Å². The first kappa shape index (κ1) is 31.0. The van der Waals surface area contributed by atoms with Gasteiger partial charge in [0.25, 0.3) is 0 Å². The van der Waals surface area contributed by atoms with Gasteiger partial charge in [0.05, 0.1) is 7.11 Å². The van der Waals surface area contributed by atoms with Gasteiger partial charge in [-0.05, 0) is 17.9 Å². The fourth-order valence-corrected chi connectivity index (χ4v) is 7.08. The van der Waals surface area contributed by atoms with Gasteiger partial charge >= 0.3 is 23.9 Å². The highest BCUT2D eigenvalue weighted by atomic mass is 16.6. The minimum atomic E-state index is -1.11. The molecule has 3 aliphatic rings. The molecule has 39 heavy (non-hydrogen) atoms. The lowest BCUT2D eigenvalue weighted by Gasteiger charge is -2.42. The summed E-state index contributed by atoms with van der Waals surface area (Å²) in [5.74, 6) is -0.912. The van der Waals surface area contributed by atoms with Crippen molar-refractivity contribution in [3.05, 3.63) is 11.3 Å². The largest absolute Gasteiger partial charge is 0.479 e. The Kier molecular flexibility index (Phi) is 11.3. The molecule has 0 aromatic heterocycles. The molecule has 0 N–H and O–H groups in total. The van der Waals surface area contributed by atoms with E-state index in [4.69, 9.17) is 23.7 Å². The Balaban J connectivity index is 1.84. The highest BCUT2D eigenvalue weighted by molar-refractivity contribution is 6.62. The van der Waals surface area contributed by atoms with E-state index >= 15 is 0 Å². The van der Waals surface area contributed by atoms with E-state index in [0.717, 1.165) is 43.1 Å². The standard InChI is InChI=1S/C29H45BO9/c1-17-18(2)26(28(38-21(5)33)25(37-20(4)32)16-36-19(3)31)39-27(29(34)35-6)24(17)14-9-15-30-22-10-7-11-23(30)13-8-12-22/h17-18,22-23,25-26,28H,7-16H2,1-6H3/t17-,18-,22?,23?,25-,26-,28-/m1/s1. The Labute approximate surface area is 232 Å². The molecule has 5 atom stereocenters. The van der Waals surface area contributed by atoms with Gasteiger partial charge in [0.15, 0.2) is 12.2 Å². The highest BCUT2D eigenvalue weighted by Gasteiger charge is 2.47. The predicted molar refractivity (Wildman–Crippen MR) is 145 cm³/mol. The van der Waals surface area contributed by atoms with E-state index in [1.54, 1.807) is 0 Å². The number of allylic oxidation sites excluding steroid dienone is 1. The summed E-state index contributed by atoms with van der Waals surface area (Å²) in [6.45, 7) is 8.13. The monoisotopic (exact) mass is 548 g/mol. The fourth-order valence-electron chi connectivity index (χ4n) is 7.08. The van der Waals surface area contributed by atoms with Gasteiger partial charge in [0.1, 0.15) is 19.4 Å². The number of rotatable bonds is 11. The second-order valence-electron chi connectivity index (χ2n) is 11.5. The lowest BCUT2D eigenvalue weighted by Crippen LogP contribution is -2.52. The molecule has 10 heteroatoms. The maximum atomic E-state index is 12.9. The molecule has 9 nitrogen and oxygen atoms in total. The molecule has 3 heterocycles. The zero-order valence-electron chi connectivity index (χ0n) is 24.4. The van der Waals surface area contributed by atoms with Gasteiger partial charge in [-0.15, -0.1) is 0 Å². The van der Waals surface area contributed by atoms with Crippen molar-refractivity contribution in [3.8, 4) is 0 Å². The molecule has 2 fully saturated rings. The van der Waals surface area contributed by atoms with Crippen LogP contribution in [0.1, 0.15) is 86.0 Å². The summed E-state index contributed by atoms with van der Waals surface area (Å²) >= 11 is 0. The predicted octanol–water partition coefficient (Wildman–Crippen LogP) is 4.89. The first-order valence-electron chi connectivity index (χ1n) is 14.5. The Morgan fingerprint density at radius 2 is 1.51 bits per heavy atom. The third kappa shape index (κ3) is 8.01.